The Morgan fingerprint density at radius 2 is 2.00 bits per heavy atom. The zero-order chi connectivity index (χ0) is 13.7. The molecule has 0 aromatic heterocycles. The number of aryl methyl sites for hydroxylation is 1. The Morgan fingerprint density at radius 3 is 2.68 bits per heavy atom. The van der Waals surface area contributed by atoms with Gasteiger partial charge >= 0.3 is 0 Å². The fourth-order valence-electron chi connectivity index (χ4n) is 2.62. The van der Waals surface area contributed by atoms with Crippen molar-refractivity contribution in [2.24, 2.45) is 5.73 Å². The minimum Gasteiger partial charge on any atom is -0.492 e. The number of ether oxygens (including phenoxy) is 1. The molecule has 1 aromatic carbocycles. The number of piperidine rings is 1. The van der Waals surface area contributed by atoms with Gasteiger partial charge in [0.1, 0.15) is 12.4 Å². The molecule has 0 bridgehead atoms. The number of nitrogens with two attached hydrogens (primary N) is 1. The summed E-state index contributed by atoms with van der Waals surface area (Å²) in [6.07, 6.45) is 4.04. The van der Waals surface area contributed by atoms with Gasteiger partial charge in [-0.15, -0.1) is 0 Å². The van der Waals surface area contributed by atoms with Crippen LogP contribution in [0.25, 0.3) is 0 Å². The van der Waals surface area contributed by atoms with E-state index in [2.05, 4.69) is 24.0 Å². The quantitative estimate of drug-likeness (QED) is 0.886. The van der Waals surface area contributed by atoms with E-state index in [1.165, 1.54) is 37.9 Å². The maximum atomic E-state index is 6.01. The lowest BCUT2D eigenvalue weighted by Crippen LogP contribution is -2.33. The molecular weight excluding hydrogens is 236 g/mol. The number of benzene rings is 1. The zero-order valence-electron chi connectivity index (χ0n) is 12.2. The molecule has 1 saturated heterocycles. The van der Waals surface area contributed by atoms with Crippen molar-refractivity contribution >= 4 is 0 Å². The van der Waals surface area contributed by atoms with Crippen molar-refractivity contribution in [3.63, 3.8) is 0 Å². The van der Waals surface area contributed by atoms with Crippen LogP contribution in [0.5, 0.6) is 5.75 Å². The minimum absolute atomic E-state index is 0.0184. The monoisotopic (exact) mass is 262 g/mol. The van der Waals surface area contributed by atoms with Crippen molar-refractivity contribution in [3.05, 3.63) is 29.3 Å². The molecule has 1 atom stereocenters. The van der Waals surface area contributed by atoms with Crippen LogP contribution in [0.3, 0.4) is 0 Å². The van der Waals surface area contributed by atoms with Gasteiger partial charge < -0.3 is 10.5 Å². The van der Waals surface area contributed by atoms with Gasteiger partial charge in [0, 0.05) is 18.2 Å². The van der Waals surface area contributed by atoms with E-state index in [0.29, 0.717) is 0 Å². The van der Waals surface area contributed by atoms with Gasteiger partial charge in [0.2, 0.25) is 0 Å². The highest BCUT2D eigenvalue weighted by Gasteiger charge is 2.11. The molecule has 0 spiro atoms. The fourth-order valence-corrected chi connectivity index (χ4v) is 2.62. The molecule has 1 heterocycles. The maximum Gasteiger partial charge on any atom is 0.124 e. The summed E-state index contributed by atoms with van der Waals surface area (Å²) >= 11 is 0. The summed E-state index contributed by atoms with van der Waals surface area (Å²) in [6.45, 7) is 8.31. The second-order valence-corrected chi connectivity index (χ2v) is 5.58. The van der Waals surface area contributed by atoms with Crippen molar-refractivity contribution < 1.29 is 4.74 Å². The topological polar surface area (TPSA) is 38.5 Å². The Kier molecular flexibility index (Phi) is 5.23. The smallest absolute Gasteiger partial charge is 0.124 e. The molecule has 0 amide bonds. The van der Waals surface area contributed by atoms with Crippen LogP contribution in [0.2, 0.25) is 0 Å². The largest absolute Gasteiger partial charge is 0.492 e. The molecule has 2 rings (SSSR count). The van der Waals surface area contributed by atoms with Crippen molar-refractivity contribution in [3.8, 4) is 5.75 Å². The van der Waals surface area contributed by atoms with Gasteiger partial charge in [0.15, 0.2) is 0 Å². The molecule has 1 aromatic rings. The zero-order valence-corrected chi connectivity index (χ0v) is 12.2. The first-order valence-electron chi connectivity index (χ1n) is 7.38. The average Bonchev–Trinajstić information content (AvgIpc) is 2.41. The minimum atomic E-state index is 0.0184. The Morgan fingerprint density at radius 1 is 1.26 bits per heavy atom. The van der Waals surface area contributed by atoms with E-state index in [1.54, 1.807) is 0 Å². The van der Waals surface area contributed by atoms with E-state index in [0.717, 1.165) is 24.5 Å². The molecule has 1 aliphatic rings. The van der Waals surface area contributed by atoms with Crippen molar-refractivity contribution in [1.82, 2.24) is 4.90 Å². The summed E-state index contributed by atoms with van der Waals surface area (Å²) in [7, 11) is 0. The van der Waals surface area contributed by atoms with Gasteiger partial charge in [-0.25, -0.2) is 0 Å². The number of rotatable bonds is 5. The molecule has 3 heteroatoms. The maximum absolute atomic E-state index is 6.01. The van der Waals surface area contributed by atoms with Gasteiger partial charge in [0.25, 0.3) is 0 Å². The summed E-state index contributed by atoms with van der Waals surface area (Å²) in [6, 6.07) is 6.28. The molecule has 0 saturated carbocycles. The van der Waals surface area contributed by atoms with Crippen molar-refractivity contribution in [2.75, 3.05) is 26.2 Å². The number of likely N-dealkylation sites (tertiary alicyclic amines) is 1. The van der Waals surface area contributed by atoms with Crippen LogP contribution in [0.4, 0.5) is 0 Å². The Balaban J connectivity index is 1.88. The first-order valence-corrected chi connectivity index (χ1v) is 7.38. The molecule has 0 unspecified atom stereocenters. The molecule has 19 heavy (non-hydrogen) atoms. The number of hydrogen-bond acceptors (Lipinski definition) is 3. The molecule has 1 aliphatic heterocycles. The standard InChI is InChI=1S/C16H26N2O/c1-13-6-7-16(15(12-13)14(2)17)19-11-10-18-8-4-3-5-9-18/h6-7,12,14H,3-5,8-11,17H2,1-2H3/t14-/m0/s1. The lowest BCUT2D eigenvalue weighted by atomic mass is 10.1. The average molecular weight is 262 g/mol. The predicted molar refractivity (Wildman–Crippen MR) is 79.6 cm³/mol. The van der Waals surface area contributed by atoms with Crippen LogP contribution in [-0.4, -0.2) is 31.1 Å². The third-order valence-corrected chi connectivity index (χ3v) is 3.77. The number of nitrogens with zero attached hydrogens (tertiary/aromatic N) is 1. The van der Waals surface area contributed by atoms with Gasteiger partial charge in [-0.3, -0.25) is 4.90 Å². The van der Waals surface area contributed by atoms with Crippen molar-refractivity contribution in [1.29, 1.82) is 0 Å². The highest BCUT2D eigenvalue weighted by molar-refractivity contribution is 5.38. The fraction of sp³-hybridized carbons (Fsp3) is 0.625. The molecule has 0 radical (unpaired) electrons. The van der Waals surface area contributed by atoms with Gasteiger partial charge in [-0.1, -0.05) is 24.1 Å². The van der Waals surface area contributed by atoms with E-state index in [1.807, 2.05) is 13.0 Å². The third-order valence-electron chi connectivity index (χ3n) is 3.77. The summed E-state index contributed by atoms with van der Waals surface area (Å²) in [5, 5.41) is 0. The van der Waals surface area contributed by atoms with Crippen LogP contribution in [0, 0.1) is 6.92 Å². The van der Waals surface area contributed by atoms with Gasteiger partial charge in [-0.2, -0.15) is 0 Å². The van der Waals surface area contributed by atoms with Crippen LogP contribution < -0.4 is 10.5 Å². The Labute approximate surface area is 116 Å². The first-order chi connectivity index (χ1) is 9.16. The molecule has 106 valence electrons. The lowest BCUT2D eigenvalue weighted by Gasteiger charge is -2.26. The summed E-state index contributed by atoms with van der Waals surface area (Å²) < 4.78 is 5.93. The van der Waals surface area contributed by atoms with E-state index in [4.69, 9.17) is 10.5 Å². The molecule has 0 aliphatic carbocycles. The second kappa shape index (κ2) is 6.92. The summed E-state index contributed by atoms with van der Waals surface area (Å²) in [5.41, 5.74) is 8.35. The second-order valence-electron chi connectivity index (χ2n) is 5.58. The van der Waals surface area contributed by atoms with Crippen LogP contribution in [0.15, 0.2) is 18.2 Å². The van der Waals surface area contributed by atoms with E-state index in [9.17, 15) is 0 Å². The highest BCUT2D eigenvalue weighted by Crippen LogP contribution is 2.25. The normalized spacial score (nSPS) is 18.3. The summed E-state index contributed by atoms with van der Waals surface area (Å²) in [4.78, 5) is 2.49. The SMILES string of the molecule is Cc1ccc(OCCN2CCCCC2)c([C@H](C)N)c1. The Hall–Kier alpha value is -1.06. The van der Waals surface area contributed by atoms with E-state index in [-0.39, 0.29) is 6.04 Å². The lowest BCUT2D eigenvalue weighted by molar-refractivity contribution is 0.182. The van der Waals surface area contributed by atoms with Crippen molar-refractivity contribution in [2.45, 2.75) is 39.2 Å². The van der Waals surface area contributed by atoms with Crippen LogP contribution >= 0.6 is 0 Å². The molecule has 1 fully saturated rings. The third kappa shape index (κ3) is 4.22. The molecule has 3 nitrogen and oxygen atoms in total. The van der Waals surface area contributed by atoms with Crippen LogP contribution in [0.1, 0.15) is 43.4 Å². The van der Waals surface area contributed by atoms with Gasteiger partial charge in [0.05, 0.1) is 0 Å². The summed E-state index contributed by atoms with van der Waals surface area (Å²) in [5.74, 6) is 0.942. The van der Waals surface area contributed by atoms with Crippen LogP contribution in [-0.2, 0) is 0 Å². The Bertz CT molecular complexity index is 398. The molecular formula is C16H26N2O. The molecule has 2 N–H and O–H groups in total. The number of hydrogen-bond donors (Lipinski definition) is 1. The van der Waals surface area contributed by atoms with Gasteiger partial charge in [-0.05, 0) is 45.8 Å². The van der Waals surface area contributed by atoms with E-state index < -0.39 is 0 Å². The predicted octanol–water partition coefficient (Wildman–Crippen LogP) is 2.88. The van der Waals surface area contributed by atoms with E-state index >= 15 is 0 Å². The first kappa shape index (κ1) is 14.4. The highest BCUT2D eigenvalue weighted by atomic mass is 16.5.